The number of anilines is 1. The molecule has 2 aromatic rings. The lowest BCUT2D eigenvalue weighted by Gasteiger charge is -2.23. The molecule has 0 aliphatic heterocycles. The predicted molar refractivity (Wildman–Crippen MR) is 92.4 cm³/mol. The lowest BCUT2D eigenvalue weighted by Crippen LogP contribution is -2.40. The third-order valence-corrected chi connectivity index (χ3v) is 3.77. The average molecular weight is 347 g/mol. The van der Waals surface area contributed by atoms with E-state index in [-0.39, 0.29) is 18.3 Å². The zero-order valence-electron chi connectivity index (χ0n) is 14.7. The van der Waals surface area contributed by atoms with Crippen molar-refractivity contribution in [3.05, 3.63) is 47.5 Å². The summed E-state index contributed by atoms with van der Waals surface area (Å²) < 4.78 is 15.4. The maximum absolute atomic E-state index is 13.8. The largest absolute Gasteiger partial charge is 0.346 e. The summed E-state index contributed by atoms with van der Waals surface area (Å²) in [4.78, 5) is 25.9. The quantitative estimate of drug-likeness (QED) is 0.797. The van der Waals surface area contributed by atoms with Crippen LogP contribution in [0.15, 0.2) is 30.6 Å². The van der Waals surface area contributed by atoms with Gasteiger partial charge >= 0.3 is 11.8 Å². The van der Waals surface area contributed by atoms with Crippen LogP contribution in [0.5, 0.6) is 0 Å². The van der Waals surface area contributed by atoms with E-state index < -0.39 is 17.6 Å². The van der Waals surface area contributed by atoms with Gasteiger partial charge in [0.05, 0.1) is 17.9 Å². The summed E-state index contributed by atoms with van der Waals surface area (Å²) >= 11 is 0. The number of aromatic nitrogens is 2. The van der Waals surface area contributed by atoms with Crippen molar-refractivity contribution in [1.29, 1.82) is 0 Å². The van der Waals surface area contributed by atoms with Crippen LogP contribution < -0.4 is 10.6 Å². The van der Waals surface area contributed by atoms with E-state index in [4.69, 9.17) is 0 Å². The zero-order valence-corrected chi connectivity index (χ0v) is 14.7. The van der Waals surface area contributed by atoms with Crippen molar-refractivity contribution in [1.82, 2.24) is 20.0 Å². The Hall–Kier alpha value is -2.74. The second-order valence-corrected chi connectivity index (χ2v) is 6.07. The SMILES string of the molecule is Cc1ccc(NC(=O)C(=O)NC[C@@H](c2cnn(C)c2)N(C)C)c(F)c1. The normalized spacial score (nSPS) is 12.1. The van der Waals surface area contributed by atoms with E-state index in [1.807, 2.05) is 25.2 Å². The lowest BCUT2D eigenvalue weighted by molar-refractivity contribution is -0.136. The van der Waals surface area contributed by atoms with Gasteiger partial charge in [-0.15, -0.1) is 0 Å². The van der Waals surface area contributed by atoms with Crippen molar-refractivity contribution in [3.63, 3.8) is 0 Å². The smallest absolute Gasteiger partial charge is 0.313 e. The van der Waals surface area contributed by atoms with Crippen LogP contribution in [0.25, 0.3) is 0 Å². The first-order chi connectivity index (χ1) is 11.8. The number of benzene rings is 1. The third kappa shape index (κ3) is 4.87. The molecule has 2 N–H and O–H groups in total. The summed E-state index contributed by atoms with van der Waals surface area (Å²) in [5.41, 5.74) is 1.62. The molecular formula is C17H22FN5O2. The number of halogens is 1. The van der Waals surface area contributed by atoms with Crippen molar-refractivity contribution in [3.8, 4) is 0 Å². The highest BCUT2D eigenvalue weighted by atomic mass is 19.1. The van der Waals surface area contributed by atoms with Gasteiger partial charge in [-0.3, -0.25) is 14.3 Å². The molecule has 0 saturated carbocycles. The number of carbonyl (C=O) groups is 2. The molecule has 0 radical (unpaired) electrons. The Balaban J connectivity index is 1.97. The Morgan fingerprint density at radius 1 is 1.32 bits per heavy atom. The van der Waals surface area contributed by atoms with Crippen LogP contribution in [0.3, 0.4) is 0 Å². The highest BCUT2D eigenvalue weighted by molar-refractivity contribution is 6.39. The van der Waals surface area contributed by atoms with Gasteiger partial charge in [-0.2, -0.15) is 5.10 Å². The Bertz CT molecular complexity index is 772. The molecule has 25 heavy (non-hydrogen) atoms. The van der Waals surface area contributed by atoms with Crippen LogP contribution in [-0.2, 0) is 16.6 Å². The molecule has 1 heterocycles. The molecule has 1 aromatic heterocycles. The number of aryl methyl sites for hydroxylation is 2. The summed E-state index contributed by atoms with van der Waals surface area (Å²) in [7, 11) is 5.54. The fourth-order valence-corrected chi connectivity index (χ4v) is 2.38. The summed E-state index contributed by atoms with van der Waals surface area (Å²) in [5.74, 6) is -2.31. The fraction of sp³-hybridized carbons (Fsp3) is 0.353. The van der Waals surface area contributed by atoms with Gasteiger partial charge in [-0.05, 0) is 38.7 Å². The molecule has 0 bridgehead atoms. The number of rotatable bonds is 5. The fourth-order valence-electron chi connectivity index (χ4n) is 2.38. The van der Waals surface area contributed by atoms with Crippen molar-refractivity contribution in [2.75, 3.05) is 26.0 Å². The number of likely N-dealkylation sites (N-methyl/N-ethyl adjacent to an activating group) is 1. The van der Waals surface area contributed by atoms with Gasteiger partial charge in [0.1, 0.15) is 5.82 Å². The lowest BCUT2D eigenvalue weighted by atomic mass is 10.1. The number of nitrogens with zero attached hydrogens (tertiary/aromatic N) is 3. The van der Waals surface area contributed by atoms with Crippen LogP contribution in [0.4, 0.5) is 10.1 Å². The molecule has 2 amide bonds. The molecule has 0 unspecified atom stereocenters. The number of hydrogen-bond acceptors (Lipinski definition) is 4. The highest BCUT2D eigenvalue weighted by Crippen LogP contribution is 2.17. The van der Waals surface area contributed by atoms with Crippen LogP contribution in [-0.4, -0.2) is 47.1 Å². The van der Waals surface area contributed by atoms with Crippen molar-refractivity contribution in [2.45, 2.75) is 13.0 Å². The van der Waals surface area contributed by atoms with Crippen LogP contribution in [0.1, 0.15) is 17.2 Å². The van der Waals surface area contributed by atoms with E-state index in [1.54, 1.807) is 30.9 Å². The van der Waals surface area contributed by atoms with Crippen LogP contribution >= 0.6 is 0 Å². The van der Waals surface area contributed by atoms with E-state index in [2.05, 4.69) is 15.7 Å². The maximum atomic E-state index is 13.8. The van der Waals surface area contributed by atoms with Crippen LogP contribution in [0, 0.1) is 12.7 Å². The van der Waals surface area contributed by atoms with Crippen molar-refractivity contribution < 1.29 is 14.0 Å². The number of carbonyl (C=O) groups excluding carboxylic acids is 2. The van der Waals surface area contributed by atoms with E-state index in [1.165, 1.54) is 12.1 Å². The van der Waals surface area contributed by atoms with Gasteiger partial charge in [0.2, 0.25) is 0 Å². The number of hydrogen-bond donors (Lipinski definition) is 2. The molecule has 1 atom stereocenters. The summed E-state index contributed by atoms with van der Waals surface area (Å²) in [6.07, 6.45) is 3.55. The summed E-state index contributed by atoms with van der Waals surface area (Å²) in [5, 5.41) is 8.96. The third-order valence-electron chi connectivity index (χ3n) is 3.77. The molecular weight excluding hydrogens is 325 g/mol. The minimum Gasteiger partial charge on any atom is -0.346 e. The number of amides is 2. The van der Waals surface area contributed by atoms with E-state index in [0.717, 1.165) is 11.1 Å². The Morgan fingerprint density at radius 3 is 2.60 bits per heavy atom. The van der Waals surface area contributed by atoms with Gasteiger partial charge in [0.25, 0.3) is 0 Å². The molecule has 0 spiro atoms. The molecule has 1 aromatic carbocycles. The Kier molecular flexibility index (Phi) is 5.87. The zero-order chi connectivity index (χ0) is 18.6. The maximum Gasteiger partial charge on any atom is 0.313 e. The average Bonchev–Trinajstić information content (AvgIpc) is 2.95. The molecule has 0 fully saturated rings. The predicted octanol–water partition coefficient (Wildman–Crippen LogP) is 1.23. The second kappa shape index (κ2) is 7.89. The monoisotopic (exact) mass is 347 g/mol. The molecule has 0 aliphatic rings. The van der Waals surface area contributed by atoms with Gasteiger partial charge in [0.15, 0.2) is 0 Å². The molecule has 0 aliphatic carbocycles. The van der Waals surface area contributed by atoms with Gasteiger partial charge < -0.3 is 15.5 Å². The molecule has 2 rings (SSSR count). The molecule has 8 heteroatoms. The standard InChI is InChI=1S/C17H22FN5O2/c1-11-5-6-14(13(18)7-11)21-17(25)16(24)19-9-15(22(2)3)12-8-20-23(4)10-12/h5-8,10,15H,9H2,1-4H3,(H,19,24)(H,21,25)/t15-/m0/s1. The first kappa shape index (κ1) is 18.6. The minimum absolute atomic E-state index is 0.0258. The first-order valence-corrected chi connectivity index (χ1v) is 7.78. The van der Waals surface area contributed by atoms with E-state index in [9.17, 15) is 14.0 Å². The minimum atomic E-state index is -0.911. The summed E-state index contributed by atoms with van der Waals surface area (Å²) in [6.45, 7) is 1.96. The topological polar surface area (TPSA) is 79.3 Å². The van der Waals surface area contributed by atoms with Crippen molar-refractivity contribution in [2.24, 2.45) is 7.05 Å². The molecule has 134 valence electrons. The number of nitrogens with one attached hydrogen (secondary N) is 2. The van der Waals surface area contributed by atoms with Crippen LogP contribution in [0.2, 0.25) is 0 Å². The summed E-state index contributed by atoms with van der Waals surface area (Å²) in [6, 6.07) is 4.23. The molecule has 7 nitrogen and oxygen atoms in total. The van der Waals surface area contributed by atoms with Gasteiger partial charge in [-0.25, -0.2) is 4.39 Å². The highest BCUT2D eigenvalue weighted by Gasteiger charge is 2.20. The van der Waals surface area contributed by atoms with Crippen molar-refractivity contribution >= 4 is 17.5 Å². The Labute approximate surface area is 145 Å². The Morgan fingerprint density at radius 2 is 2.04 bits per heavy atom. The van der Waals surface area contributed by atoms with Gasteiger partial charge in [0, 0.05) is 25.4 Å². The van der Waals surface area contributed by atoms with E-state index in [0.29, 0.717) is 0 Å². The molecule has 0 saturated heterocycles. The van der Waals surface area contributed by atoms with Gasteiger partial charge in [-0.1, -0.05) is 6.07 Å². The first-order valence-electron chi connectivity index (χ1n) is 7.78. The second-order valence-electron chi connectivity index (χ2n) is 6.07. The van der Waals surface area contributed by atoms with E-state index >= 15 is 0 Å².